The Hall–Kier alpha value is -0.790. The minimum atomic E-state index is -4.37. The van der Waals surface area contributed by atoms with E-state index >= 15 is 0 Å². The Kier molecular flexibility index (Phi) is 5.43. The molecule has 3 nitrogen and oxygen atoms in total. The molecule has 1 aromatic rings. The Morgan fingerprint density at radius 3 is 2.61 bits per heavy atom. The van der Waals surface area contributed by atoms with Crippen molar-refractivity contribution in [3.8, 4) is 0 Å². The van der Waals surface area contributed by atoms with Gasteiger partial charge in [0.15, 0.2) is 0 Å². The maximum atomic E-state index is 11.8. The number of anilines is 1. The topological polar surface area (TPSA) is 52.3 Å². The molecule has 0 aliphatic carbocycles. The molecule has 2 N–H and O–H groups in total. The first-order valence-corrected chi connectivity index (χ1v) is 6.57. The first-order valence-electron chi connectivity index (χ1n) is 4.87. The SMILES string of the molecule is Nc1cc(Cl)ccc1S(=O)CCOCC(F)(F)F. The molecule has 0 aliphatic rings. The zero-order valence-electron chi connectivity index (χ0n) is 9.17. The van der Waals surface area contributed by atoms with Gasteiger partial charge in [-0.2, -0.15) is 13.2 Å². The lowest BCUT2D eigenvalue weighted by molar-refractivity contribution is -0.172. The standard InChI is InChI=1S/C10H11ClF3NO2S/c11-7-1-2-9(8(15)5-7)18(16)4-3-17-6-10(12,13)14/h1-2,5H,3-4,6,15H2. The number of ether oxygens (including phenoxy) is 1. The number of nitrogens with two attached hydrogens (primary N) is 1. The number of alkyl halides is 3. The summed E-state index contributed by atoms with van der Waals surface area (Å²) in [6.07, 6.45) is -4.37. The highest BCUT2D eigenvalue weighted by atomic mass is 35.5. The van der Waals surface area contributed by atoms with Crippen LogP contribution in [0.4, 0.5) is 18.9 Å². The molecular formula is C10H11ClF3NO2S. The van der Waals surface area contributed by atoms with Gasteiger partial charge in [0.25, 0.3) is 0 Å². The quantitative estimate of drug-likeness (QED) is 0.672. The van der Waals surface area contributed by atoms with Crippen LogP contribution in [0.1, 0.15) is 0 Å². The van der Waals surface area contributed by atoms with Gasteiger partial charge in [-0.1, -0.05) is 11.6 Å². The monoisotopic (exact) mass is 301 g/mol. The van der Waals surface area contributed by atoms with Crippen molar-refractivity contribution in [1.82, 2.24) is 0 Å². The van der Waals surface area contributed by atoms with Gasteiger partial charge in [-0.05, 0) is 18.2 Å². The zero-order chi connectivity index (χ0) is 13.8. The van der Waals surface area contributed by atoms with Crippen molar-refractivity contribution < 1.29 is 22.1 Å². The fourth-order valence-corrected chi connectivity index (χ4v) is 2.37. The fraction of sp³-hybridized carbons (Fsp3) is 0.400. The number of nitrogen functional groups attached to an aromatic ring is 1. The average Bonchev–Trinajstić information content (AvgIpc) is 2.22. The molecule has 8 heteroatoms. The third-order valence-corrected chi connectivity index (χ3v) is 3.53. The summed E-state index contributed by atoms with van der Waals surface area (Å²) < 4.78 is 51.4. The molecule has 0 bridgehead atoms. The third kappa shape index (κ3) is 5.24. The summed E-state index contributed by atoms with van der Waals surface area (Å²) in [5.41, 5.74) is 5.84. The molecule has 18 heavy (non-hydrogen) atoms. The minimum absolute atomic E-state index is 0.0537. The van der Waals surface area contributed by atoms with Crippen molar-refractivity contribution in [1.29, 1.82) is 0 Å². The van der Waals surface area contributed by atoms with Crippen molar-refractivity contribution in [2.45, 2.75) is 11.1 Å². The molecule has 0 radical (unpaired) electrons. The van der Waals surface area contributed by atoms with E-state index in [1.54, 1.807) is 0 Å². The number of halogens is 4. The van der Waals surface area contributed by atoms with Gasteiger partial charge < -0.3 is 10.5 Å². The summed E-state index contributed by atoms with van der Waals surface area (Å²) in [5.74, 6) is -0.0537. The summed E-state index contributed by atoms with van der Waals surface area (Å²) in [6.45, 7) is -1.60. The van der Waals surface area contributed by atoms with E-state index in [1.165, 1.54) is 18.2 Å². The highest BCUT2D eigenvalue weighted by Crippen LogP contribution is 2.21. The normalized spacial score (nSPS) is 13.6. The second kappa shape index (κ2) is 6.40. The van der Waals surface area contributed by atoms with E-state index in [-0.39, 0.29) is 18.0 Å². The summed E-state index contributed by atoms with van der Waals surface area (Å²) in [4.78, 5) is 0.343. The molecule has 0 aliphatic heterocycles. The van der Waals surface area contributed by atoms with E-state index in [1.807, 2.05) is 0 Å². The largest absolute Gasteiger partial charge is 0.411 e. The van der Waals surface area contributed by atoms with Crippen LogP contribution in [-0.2, 0) is 15.5 Å². The molecule has 0 saturated heterocycles. The highest BCUT2D eigenvalue weighted by molar-refractivity contribution is 7.85. The second-order valence-electron chi connectivity index (χ2n) is 3.40. The van der Waals surface area contributed by atoms with Gasteiger partial charge >= 0.3 is 6.18 Å². The van der Waals surface area contributed by atoms with Gasteiger partial charge in [0.1, 0.15) is 6.61 Å². The van der Waals surface area contributed by atoms with Crippen LogP contribution in [0, 0.1) is 0 Å². The zero-order valence-corrected chi connectivity index (χ0v) is 10.7. The molecule has 1 atom stereocenters. The predicted octanol–water partition coefficient (Wildman–Crippen LogP) is 2.61. The van der Waals surface area contributed by atoms with Crippen molar-refractivity contribution >= 4 is 28.1 Å². The second-order valence-corrected chi connectivity index (χ2v) is 5.38. The average molecular weight is 302 g/mol. The lowest BCUT2D eigenvalue weighted by Crippen LogP contribution is -2.19. The lowest BCUT2D eigenvalue weighted by atomic mass is 10.3. The molecule has 0 fully saturated rings. The molecule has 1 aromatic carbocycles. The molecule has 1 rings (SSSR count). The van der Waals surface area contributed by atoms with Crippen LogP contribution in [0.2, 0.25) is 5.02 Å². The molecule has 0 heterocycles. The molecule has 102 valence electrons. The smallest absolute Gasteiger partial charge is 0.398 e. The van der Waals surface area contributed by atoms with E-state index < -0.39 is 23.6 Å². The highest BCUT2D eigenvalue weighted by Gasteiger charge is 2.27. The molecule has 1 unspecified atom stereocenters. The van der Waals surface area contributed by atoms with E-state index in [0.717, 1.165) is 0 Å². The maximum Gasteiger partial charge on any atom is 0.411 e. The van der Waals surface area contributed by atoms with Crippen LogP contribution < -0.4 is 5.73 Å². The van der Waals surface area contributed by atoms with Crippen LogP contribution in [0.25, 0.3) is 0 Å². The first-order chi connectivity index (χ1) is 8.29. The Balaban J connectivity index is 2.46. The van der Waals surface area contributed by atoms with Crippen molar-refractivity contribution in [2.75, 3.05) is 24.7 Å². The summed E-state index contributed by atoms with van der Waals surface area (Å²) in [6, 6.07) is 4.44. The Labute approximate surface area is 110 Å². The maximum absolute atomic E-state index is 11.8. The fourth-order valence-electron chi connectivity index (χ4n) is 1.16. The van der Waals surface area contributed by atoms with E-state index in [4.69, 9.17) is 17.3 Å². The minimum Gasteiger partial charge on any atom is -0.398 e. The first kappa shape index (κ1) is 15.3. The van der Waals surface area contributed by atoms with Crippen LogP contribution in [0.3, 0.4) is 0 Å². The van der Waals surface area contributed by atoms with Crippen LogP contribution in [0.5, 0.6) is 0 Å². The summed E-state index contributed by atoms with van der Waals surface area (Å²) in [7, 11) is -1.51. The lowest BCUT2D eigenvalue weighted by Gasteiger charge is -2.08. The van der Waals surface area contributed by atoms with Crippen molar-refractivity contribution in [2.24, 2.45) is 0 Å². The number of benzene rings is 1. The van der Waals surface area contributed by atoms with E-state index in [2.05, 4.69) is 4.74 Å². The summed E-state index contributed by atoms with van der Waals surface area (Å²) >= 11 is 5.67. The van der Waals surface area contributed by atoms with Gasteiger partial charge in [-0.3, -0.25) is 4.21 Å². The molecular weight excluding hydrogens is 291 g/mol. The predicted molar refractivity (Wildman–Crippen MR) is 64.0 cm³/mol. The van der Waals surface area contributed by atoms with Gasteiger partial charge in [0, 0.05) is 10.7 Å². The van der Waals surface area contributed by atoms with Crippen LogP contribution >= 0.6 is 11.6 Å². The Morgan fingerprint density at radius 1 is 1.39 bits per heavy atom. The molecule has 0 spiro atoms. The van der Waals surface area contributed by atoms with Crippen molar-refractivity contribution in [3.05, 3.63) is 23.2 Å². The van der Waals surface area contributed by atoms with Crippen molar-refractivity contribution in [3.63, 3.8) is 0 Å². The molecule has 0 aromatic heterocycles. The molecule has 0 amide bonds. The van der Waals surface area contributed by atoms with Gasteiger partial charge in [0.05, 0.1) is 28.1 Å². The number of hydrogen-bond donors (Lipinski definition) is 1. The van der Waals surface area contributed by atoms with E-state index in [0.29, 0.717) is 9.92 Å². The Bertz CT molecular complexity index is 440. The van der Waals surface area contributed by atoms with Gasteiger partial charge in [-0.25, -0.2) is 0 Å². The van der Waals surface area contributed by atoms with Gasteiger partial charge in [0.2, 0.25) is 0 Å². The van der Waals surface area contributed by atoms with Crippen LogP contribution in [-0.4, -0.2) is 29.4 Å². The number of hydrogen-bond acceptors (Lipinski definition) is 3. The van der Waals surface area contributed by atoms with Crippen LogP contribution in [0.15, 0.2) is 23.1 Å². The van der Waals surface area contributed by atoms with E-state index in [9.17, 15) is 17.4 Å². The summed E-state index contributed by atoms with van der Waals surface area (Å²) in [5, 5.41) is 0.404. The van der Waals surface area contributed by atoms with Gasteiger partial charge in [-0.15, -0.1) is 0 Å². The molecule has 0 saturated carbocycles. The third-order valence-electron chi connectivity index (χ3n) is 1.90. The Morgan fingerprint density at radius 2 is 2.06 bits per heavy atom. The number of rotatable bonds is 5.